The van der Waals surface area contributed by atoms with Crippen molar-refractivity contribution in [1.82, 2.24) is 10.3 Å². The number of aromatic nitrogens is 1. The van der Waals surface area contributed by atoms with Gasteiger partial charge in [-0.15, -0.1) is 0 Å². The number of hydrogen-bond acceptors (Lipinski definition) is 4. The maximum Gasteiger partial charge on any atom is 0.128 e. The van der Waals surface area contributed by atoms with E-state index in [1.807, 2.05) is 12.1 Å². The van der Waals surface area contributed by atoms with Gasteiger partial charge in [-0.3, -0.25) is 0 Å². The highest BCUT2D eigenvalue weighted by atomic mass is 35.5. The smallest absolute Gasteiger partial charge is 0.128 e. The summed E-state index contributed by atoms with van der Waals surface area (Å²) in [7, 11) is 1.76. The van der Waals surface area contributed by atoms with Crippen LogP contribution in [0.5, 0.6) is 0 Å². The number of ether oxygens (including phenoxy) is 1. The van der Waals surface area contributed by atoms with E-state index in [1.165, 1.54) is 6.42 Å². The van der Waals surface area contributed by atoms with Gasteiger partial charge in [-0.05, 0) is 31.5 Å². The van der Waals surface area contributed by atoms with Crippen LogP contribution in [0.4, 0.5) is 5.82 Å². The number of nitrogens with one attached hydrogen (secondary N) is 1. The van der Waals surface area contributed by atoms with E-state index in [1.54, 1.807) is 7.11 Å². The van der Waals surface area contributed by atoms with Crippen molar-refractivity contribution in [3.63, 3.8) is 0 Å². The third-order valence-corrected chi connectivity index (χ3v) is 3.98. The first-order valence-electron chi connectivity index (χ1n) is 7.34. The maximum absolute atomic E-state index is 6.22. The summed E-state index contributed by atoms with van der Waals surface area (Å²) in [6.07, 6.45) is 2.28. The molecular formula is C15H24ClN3O. The van der Waals surface area contributed by atoms with Gasteiger partial charge in [-0.2, -0.15) is 0 Å². The van der Waals surface area contributed by atoms with Crippen LogP contribution in [0.1, 0.15) is 25.5 Å². The minimum Gasteiger partial charge on any atom is -0.384 e. The fraction of sp³-hybridized carbons (Fsp3) is 0.667. The van der Waals surface area contributed by atoms with Crippen LogP contribution in [0, 0.1) is 5.92 Å². The van der Waals surface area contributed by atoms with Gasteiger partial charge in [0.05, 0.1) is 17.3 Å². The fourth-order valence-corrected chi connectivity index (χ4v) is 2.74. The summed E-state index contributed by atoms with van der Waals surface area (Å²) in [5.74, 6) is 1.64. The van der Waals surface area contributed by atoms with E-state index in [0.717, 1.165) is 55.7 Å². The molecule has 1 fully saturated rings. The molecular weight excluding hydrogens is 274 g/mol. The molecule has 1 aromatic rings. The highest BCUT2D eigenvalue weighted by Crippen LogP contribution is 2.25. The summed E-state index contributed by atoms with van der Waals surface area (Å²) in [5.41, 5.74) is 0.938. The maximum atomic E-state index is 6.22. The Bertz CT molecular complexity index is 428. The number of halogens is 1. The average molecular weight is 298 g/mol. The fourth-order valence-electron chi connectivity index (χ4n) is 2.57. The molecule has 112 valence electrons. The van der Waals surface area contributed by atoms with Gasteiger partial charge in [0, 0.05) is 32.7 Å². The van der Waals surface area contributed by atoms with Gasteiger partial charge in [0.2, 0.25) is 0 Å². The standard InChI is InChI=1S/C15H24ClN3O/c1-3-7-17-9-14-13(16)4-5-15(18-14)19-8-6-12(10-19)11-20-2/h4-5,12,17H,3,6-11H2,1-2H3. The van der Waals surface area contributed by atoms with Crippen LogP contribution >= 0.6 is 11.6 Å². The van der Waals surface area contributed by atoms with Gasteiger partial charge in [0.1, 0.15) is 5.82 Å². The molecule has 0 spiro atoms. The third-order valence-electron chi connectivity index (χ3n) is 3.64. The van der Waals surface area contributed by atoms with Crippen LogP contribution in [0.15, 0.2) is 12.1 Å². The first-order valence-corrected chi connectivity index (χ1v) is 7.72. The highest BCUT2D eigenvalue weighted by molar-refractivity contribution is 6.31. The Morgan fingerprint density at radius 1 is 1.50 bits per heavy atom. The molecule has 0 radical (unpaired) electrons. The molecule has 1 N–H and O–H groups in total. The van der Waals surface area contributed by atoms with Crippen molar-refractivity contribution in [2.24, 2.45) is 5.92 Å². The van der Waals surface area contributed by atoms with E-state index in [4.69, 9.17) is 21.3 Å². The molecule has 4 nitrogen and oxygen atoms in total. The van der Waals surface area contributed by atoms with Crippen molar-refractivity contribution in [2.45, 2.75) is 26.3 Å². The van der Waals surface area contributed by atoms with Crippen molar-refractivity contribution in [2.75, 3.05) is 38.3 Å². The first kappa shape index (κ1) is 15.5. The normalized spacial score (nSPS) is 18.8. The molecule has 0 saturated carbocycles. The number of pyridine rings is 1. The lowest BCUT2D eigenvalue weighted by Crippen LogP contribution is -2.23. The Balaban J connectivity index is 2.00. The third kappa shape index (κ3) is 4.08. The second kappa shape index (κ2) is 7.81. The molecule has 1 aliphatic heterocycles. The number of anilines is 1. The van der Waals surface area contributed by atoms with Crippen molar-refractivity contribution < 1.29 is 4.74 Å². The van der Waals surface area contributed by atoms with Gasteiger partial charge in [0.15, 0.2) is 0 Å². The molecule has 0 amide bonds. The van der Waals surface area contributed by atoms with E-state index in [-0.39, 0.29) is 0 Å². The Kier molecular flexibility index (Phi) is 6.07. The lowest BCUT2D eigenvalue weighted by Gasteiger charge is -2.19. The highest BCUT2D eigenvalue weighted by Gasteiger charge is 2.23. The monoisotopic (exact) mass is 297 g/mol. The van der Waals surface area contributed by atoms with E-state index in [9.17, 15) is 0 Å². The Morgan fingerprint density at radius 3 is 3.10 bits per heavy atom. The van der Waals surface area contributed by atoms with Crippen LogP contribution in [0.2, 0.25) is 5.02 Å². The summed E-state index contributed by atoms with van der Waals surface area (Å²) < 4.78 is 5.24. The summed E-state index contributed by atoms with van der Waals surface area (Å²) in [6, 6.07) is 3.97. The lowest BCUT2D eigenvalue weighted by atomic mass is 10.1. The summed E-state index contributed by atoms with van der Waals surface area (Å²) in [5, 5.41) is 4.09. The van der Waals surface area contributed by atoms with Gasteiger partial charge in [-0.25, -0.2) is 4.98 Å². The molecule has 1 aromatic heterocycles. The summed E-state index contributed by atoms with van der Waals surface area (Å²) >= 11 is 6.22. The predicted molar refractivity (Wildman–Crippen MR) is 83.4 cm³/mol. The molecule has 2 heterocycles. The van der Waals surface area contributed by atoms with Crippen LogP contribution < -0.4 is 10.2 Å². The van der Waals surface area contributed by atoms with Crippen LogP contribution in [-0.2, 0) is 11.3 Å². The van der Waals surface area contributed by atoms with Gasteiger partial charge in [0.25, 0.3) is 0 Å². The largest absolute Gasteiger partial charge is 0.384 e. The van der Waals surface area contributed by atoms with E-state index < -0.39 is 0 Å². The Hall–Kier alpha value is -0.840. The minimum atomic E-state index is 0.610. The van der Waals surface area contributed by atoms with Crippen LogP contribution in [0.25, 0.3) is 0 Å². The molecule has 1 saturated heterocycles. The number of hydrogen-bond donors (Lipinski definition) is 1. The molecule has 0 aromatic carbocycles. The molecule has 2 rings (SSSR count). The van der Waals surface area contributed by atoms with Gasteiger partial charge < -0.3 is 15.0 Å². The molecule has 20 heavy (non-hydrogen) atoms. The Morgan fingerprint density at radius 2 is 2.35 bits per heavy atom. The number of nitrogens with zero attached hydrogens (tertiary/aromatic N) is 2. The van der Waals surface area contributed by atoms with Crippen LogP contribution in [0.3, 0.4) is 0 Å². The van der Waals surface area contributed by atoms with Gasteiger partial charge in [-0.1, -0.05) is 18.5 Å². The zero-order valence-corrected chi connectivity index (χ0v) is 13.1. The number of rotatable bonds is 7. The molecule has 5 heteroatoms. The van der Waals surface area contributed by atoms with E-state index >= 15 is 0 Å². The van der Waals surface area contributed by atoms with Gasteiger partial charge >= 0.3 is 0 Å². The van der Waals surface area contributed by atoms with Crippen molar-refractivity contribution in [3.8, 4) is 0 Å². The minimum absolute atomic E-state index is 0.610. The first-order chi connectivity index (χ1) is 9.74. The predicted octanol–water partition coefficient (Wildman–Crippen LogP) is 2.71. The quantitative estimate of drug-likeness (QED) is 0.785. The van der Waals surface area contributed by atoms with Crippen molar-refractivity contribution in [3.05, 3.63) is 22.8 Å². The second-order valence-corrected chi connectivity index (χ2v) is 5.74. The van der Waals surface area contributed by atoms with Crippen molar-refractivity contribution in [1.29, 1.82) is 0 Å². The van der Waals surface area contributed by atoms with E-state index in [2.05, 4.69) is 17.1 Å². The molecule has 0 bridgehead atoms. The van der Waals surface area contributed by atoms with Crippen LogP contribution in [-0.4, -0.2) is 38.3 Å². The molecule has 0 aliphatic carbocycles. The molecule has 1 unspecified atom stereocenters. The SMILES string of the molecule is CCCNCc1nc(N2CCC(COC)C2)ccc1Cl. The zero-order valence-electron chi connectivity index (χ0n) is 12.4. The van der Waals surface area contributed by atoms with Crippen molar-refractivity contribution >= 4 is 17.4 Å². The second-order valence-electron chi connectivity index (χ2n) is 5.33. The molecule has 1 aliphatic rings. The average Bonchev–Trinajstić information content (AvgIpc) is 2.90. The summed E-state index contributed by atoms with van der Waals surface area (Å²) in [4.78, 5) is 7.03. The van der Waals surface area contributed by atoms with E-state index in [0.29, 0.717) is 5.92 Å². The molecule has 1 atom stereocenters. The topological polar surface area (TPSA) is 37.4 Å². The lowest BCUT2D eigenvalue weighted by molar-refractivity contribution is 0.161. The summed E-state index contributed by atoms with van der Waals surface area (Å²) in [6.45, 7) is 6.76. The zero-order chi connectivity index (χ0) is 14.4. The Labute approximate surface area is 126 Å². The number of methoxy groups -OCH3 is 1.